The number of aryl methyl sites for hydroxylation is 1. The number of nitriles is 1. The molecule has 1 saturated heterocycles. The zero-order valence-corrected chi connectivity index (χ0v) is 21.8. The van der Waals surface area contributed by atoms with Gasteiger partial charge in [0.1, 0.15) is 23.2 Å². The minimum absolute atomic E-state index is 0.100. The molecule has 0 amide bonds. The molecule has 4 heterocycles. The molecule has 2 N–H and O–H groups in total. The minimum atomic E-state index is -0.452. The third-order valence-electron chi connectivity index (χ3n) is 7.40. The van der Waals surface area contributed by atoms with Crippen LogP contribution in [0.4, 0.5) is 16.2 Å². The molecule has 1 aliphatic carbocycles. The Kier molecular flexibility index (Phi) is 6.05. The molecule has 194 valence electrons. The SMILES string of the molecule is Cc1nc2c(F)cc(-c3nc(Nc4ccc(CN5CCNC6(CC6)C5)cn4)ncc3C#N)cc2n1C(C)C. The molecule has 0 unspecified atom stereocenters. The Labute approximate surface area is 220 Å². The molecule has 2 fully saturated rings. The quantitative estimate of drug-likeness (QED) is 0.391. The van der Waals surface area contributed by atoms with E-state index in [-0.39, 0.29) is 17.6 Å². The van der Waals surface area contributed by atoms with Crippen LogP contribution in [0, 0.1) is 24.1 Å². The second-order valence-electron chi connectivity index (χ2n) is 10.6. The largest absolute Gasteiger partial charge is 0.326 e. The number of hydrogen-bond donors (Lipinski definition) is 2. The van der Waals surface area contributed by atoms with Gasteiger partial charge in [0.15, 0.2) is 5.82 Å². The molecule has 2 aliphatic rings. The second kappa shape index (κ2) is 9.42. The Bertz CT molecular complexity index is 1550. The van der Waals surface area contributed by atoms with Crippen LogP contribution in [-0.4, -0.2) is 54.6 Å². The van der Waals surface area contributed by atoms with E-state index >= 15 is 4.39 Å². The van der Waals surface area contributed by atoms with E-state index in [1.807, 2.05) is 43.7 Å². The molecule has 0 atom stereocenters. The van der Waals surface area contributed by atoms with E-state index in [9.17, 15) is 5.26 Å². The van der Waals surface area contributed by atoms with Crippen molar-refractivity contribution in [2.45, 2.75) is 51.7 Å². The number of piperazine rings is 1. The summed E-state index contributed by atoms with van der Waals surface area (Å²) < 4.78 is 17.1. The number of hydrogen-bond acceptors (Lipinski definition) is 8. The lowest BCUT2D eigenvalue weighted by atomic mass is 10.1. The van der Waals surface area contributed by atoms with Crippen molar-refractivity contribution in [2.75, 3.05) is 25.0 Å². The molecule has 3 aromatic heterocycles. The predicted molar refractivity (Wildman–Crippen MR) is 143 cm³/mol. The summed E-state index contributed by atoms with van der Waals surface area (Å²) in [6, 6.07) is 9.40. The zero-order valence-electron chi connectivity index (χ0n) is 21.8. The average molecular weight is 512 g/mol. The van der Waals surface area contributed by atoms with E-state index in [4.69, 9.17) is 0 Å². The van der Waals surface area contributed by atoms with E-state index < -0.39 is 5.82 Å². The first-order chi connectivity index (χ1) is 18.3. The number of benzene rings is 1. The number of fused-ring (bicyclic) bond motifs is 1. The Balaban J connectivity index is 1.25. The van der Waals surface area contributed by atoms with Crippen LogP contribution in [0.25, 0.3) is 22.3 Å². The van der Waals surface area contributed by atoms with Gasteiger partial charge < -0.3 is 15.2 Å². The van der Waals surface area contributed by atoms with Gasteiger partial charge in [-0.15, -0.1) is 0 Å². The van der Waals surface area contributed by atoms with Crippen LogP contribution in [0.15, 0.2) is 36.7 Å². The molecular weight excluding hydrogens is 481 g/mol. The van der Waals surface area contributed by atoms with Crippen LogP contribution < -0.4 is 10.6 Å². The minimum Gasteiger partial charge on any atom is -0.326 e. The molecule has 0 bridgehead atoms. The fourth-order valence-corrected chi connectivity index (χ4v) is 5.43. The van der Waals surface area contributed by atoms with Crippen molar-refractivity contribution < 1.29 is 4.39 Å². The van der Waals surface area contributed by atoms with Crippen LogP contribution in [0.2, 0.25) is 0 Å². The van der Waals surface area contributed by atoms with Gasteiger partial charge in [-0.05, 0) is 57.4 Å². The Hall–Kier alpha value is -3.94. The van der Waals surface area contributed by atoms with Gasteiger partial charge in [0.05, 0.1) is 23.0 Å². The highest BCUT2D eigenvalue weighted by molar-refractivity contribution is 5.84. The standard InChI is InChI=1S/C28H30FN9/c1-17(2)38-18(3)34-26-22(29)10-20(11-23(26)38)25-21(12-30)14-32-27(36-25)35-24-5-4-19(13-31-24)15-37-9-8-33-28(16-37)6-7-28/h4-5,10-11,13-14,17,33H,6-9,15-16H2,1-3H3,(H,31,32,35,36). The fraction of sp³-hybridized carbons (Fsp3) is 0.393. The van der Waals surface area contributed by atoms with Crippen LogP contribution in [-0.2, 0) is 6.54 Å². The topological polar surface area (TPSA) is 108 Å². The number of aromatic nitrogens is 5. The third kappa shape index (κ3) is 4.59. The number of imidazole rings is 1. The molecule has 10 heteroatoms. The Morgan fingerprint density at radius 3 is 2.74 bits per heavy atom. The fourth-order valence-electron chi connectivity index (χ4n) is 5.43. The predicted octanol–water partition coefficient (Wildman–Crippen LogP) is 4.47. The Morgan fingerprint density at radius 2 is 2.03 bits per heavy atom. The summed E-state index contributed by atoms with van der Waals surface area (Å²) in [6.45, 7) is 9.93. The zero-order chi connectivity index (χ0) is 26.4. The van der Waals surface area contributed by atoms with Crippen LogP contribution in [0.5, 0.6) is 0 Å². The smallest absolute Gasteiger partial charge is 0.228 e. The van der Waals surface area contributed by atoms with Crippen LogP contribution >= 0.6 is 0 Å². The van der Waals surface area contributed by atoms with Gasteiger partial charge in [-0.3, -0.25) is 4.90 Å². The number of nitrogens with zero attached hydrogens (tertiary/aromatic N) is 7. The van der Waals surface area contributed by atoms with E-state index in [1.54, 1.807) is 0 Å². The summed E-state index contributed by atoms with van der Waals surface area (Å²) >= 11 is 0. The molecule has 6 rings (SSSR count). The first-order valence-electron chi connectivity index (χ1n) is 13.0. The van der Waals surface area contributed by atoms with Crippen molar-refractivity contribution in [2.24, 2.45) is 0 Å². The normalized spacial score (nSPS) is 16.7. The summed E-state index contributed by atoms with van der Waals surface area (Å²) in [5.41, 5.74) is 3.57. The maximum Gasteiger partial charge on any atom is 0.228 e. The van der Waals surface area contributed by atoms with E-state index in [0.717, 1.165) is 37.6 Å². The first-order valence-corrected chi connectivity index (χ1v) is 13.0. The van der Waals surface area contributed by atoms with E-state index in [0.29, 0.717) is 33.6 Å². The molecule has 1 aliphatic heterocycles. The van der Waals surface area contributed by atoms with Gasteiger partial charge >= 0.3 is 0 Å². The van der Waals surface area contributed by atoms with Gasteiger partial charge in [0, 0.05) is 49.5 Å². The molecule has 38 heavy (non-hydrogen) atoms. The van der Waals surface area contributed by atoms with Crippen molar-refractivity contribution in [3.63, 3.8) is 0 Å². The molecule has 9 nitrogen and oxygen atoms in total. The van der Waals surface area contributed by atoms with Crippen molar-refractivity contribution >= 4 is 22.8 Å². The first kappa shape index (κ1) is 24.4. The Morgan fingerprint density at radius 1 is 1.18 bits per heavy atom. The maximum atomic E-state index is 15.1. The van der Waals surface area contributed by atoms with E-state index in [2.05, 4.69) is 47.6 Å². The van der Waals surface area contributed by atoms with Crippen molar-refractivity contribution in [3.8, 4) is 17.3 Å². The lowest BCUT2D eigenvalue weighted by molar-refractivity contribution is 0.182. The highest BCUT2D eigenvalue weighted by Crippen LogP contribution is 2.38. The maximum absolute atomic E-state index is 15.1. The highest BCUT2D eigenvalue weighted by Gasteiger charge is 2.45. The third-order valence-corrected chi connectivity index (χ3v) is 7.40. The molecule has 1 saturated carbocycles. The monoisotopic (exact) mass is 511 g/mol. The van der Waals surface area contributed by atoms with E-state index in [1.165, 1.54) is 25.1 Å². The summed E-state index contributed by atoms with van der Waals surface area (Å²) in [6.07, 6.45) is 5.84. The number of rotatable bonds is 6. The summed E-state index contributed by atoms with van der Waals surface area (Å²) in [5.74, 6) is 1.16. The van der Waals surface area contributed by atoms with Gasteiger partial charge in [-0.2, -0.15) is 5.26 Å². The van der Waals surface area contributed by atoms with Crippen molar-refractivity contribution in [3.05, 3.63) is 59.4 Å². The van der Waals surface area contributed by atoms with Crippen LogP contribution in [0.1, 0.15) is 49.7 Å². The van der Waals surface area contributed by atoms with Crippen LogP contribution in [0.3, 0.4) is 0 Å². The molecule has 1 aromatic carbocycles. The number of pyridine rings is 1. The van der Waals surface area contributed by atoms with Gasteiger partial charge in [-0.25, -0.2) is 24.3 Å². The van der Waals surface area contributed by atoms with Crippen molar-refractivity contribution in [1.29, 1.82) is 5.26 Å². The van der Waals surface area contributed by atoms with Gasteiger partial charge in [0.2, 0.25) is 5.95 Å². The second-order valence-corrected chi connectivity index (χ2v) is 10.6. The van der Waals surface area contributed by atoms with Gasteiger partial charge in [-0.1, -0.05) is 6.07 Å². The average Bonchev–Trinajstić information content (AvgIpc) is 3.54. The number of anilines is 2. The molecule has 0 radical (unpaired) electrons. The lowest BCUT2D eigenvalue weighted by Crippen LogP contribution is -2.51. The highest BCUT2D eigenvalue weighted by atomic mass is 19.1. The number of nitrogens with one attached hydrogen (secondary N) is 2. The summed E-state index contributed by atoms with van der Waals surface area (Å²) in [7, 11) is 0. The number of halogens is 1. The summed E-state index contributed by atoms with van der Waals surface area (Å²) in [5, 5.41) is 16.5. The lowest BCUT2D eigenvalue weighted by Gasteiger charge is -2.33. The molecule has 4 aromatic rings. The van der Waals surface area contributed by atoms with Crippen molar-refractivity contribution in [1.82, 2.24) is 34.7 Å². The molecule has 1 spiro atoms. The summed E-state index contributed by atoms with van der Waals surface area (Å²) in [4.78, 5) is 20.3. The van der Waals surface area contributed by atoms with Gasteiger partial charge in [0.25, 0.3) is 0 Å². The molecular formula is C28H30FN9.